The molecule has 1 atom stereocenters. The number of nitrogens with one attached hydrogen (secondary N) is 1. The number of hydrogen-bond donors (Lipinski definition) is 2. The average Bonchev–Trinajstić information content (AvgIpc) is 2.51. The van der Waals surface area contributed by atoms with Crippen molar-refractivity contribution >= 4 is 23.6 Å². The van der Waals surface area contributed by atoms with Crippen LogP contribution >= 0.6 is 11.8 Å². The molecule has 0 aliphatic rings. The van der Waals surface area contributed by atoms with Gasteiger partial charge in [0.15, 0.2) is 0 Å². The van der Waals surface area contributed by atoms with Crippen LogP contribution in [-0.4, -0.2) is 43.1 Å². The molecule has 0 aromatic heterocycles. The molecule has 21 heavy (non-hydrogen) atoms. The van der Waals surface area contributed by atoms with Crippen molar-refractivity contribution in [3.63, 3.8) is 0 Å². The monoisotopic (exact) mass is 310 g/mol. The number of amides is 1. The lowest BCUT2D eigenvalue weighted by molar-refractivity contribution is -0.141. The average molecular weight is 310 g/mol. The van der Waals surface area contributed by atoms with Gasteiger partial charge in [0, 0.05) is 12.3 Å². The lowest BCUT2D eigenvalue weighted by atomic mass is 10.1. The van der Waals surface area contributed by atoms with Gasteiger partial charge in [-0.3, -0.25) is 9.59 Å². The second-order valence-corrected chi connectivity index (χ2v) is 5.61. The van der Waals surface area contributed by atoms with Gasteiger partial charge >= 0.3 is 5.97 Å². The fraction of sp³-hybridized carbons (Fsp3) is 0.467. The van der Waals surface area contributed by atoms with Crippen LogP contribution in [0.15, 0.2) is 30.3 Å². The van der Waals surface area contributed by atoms with Crippen LogP contribution < -0.4 is 11.1 Å². The van der Waals surface area contributed by atoms with Crippen molar-refractivity contribution in [1.82, 2.24) is 5.32 Å². The van der Waals surface area contributed by atoms with E-state index in [2.05, 4.69) is 22.2 Å². The van der Waals surface area contributed by atoms with E-state index in [0.29, 0.717) is 18.1 Å². The third-order valence-corrected chi connectivity index (χ3v) is 3.90. The van der Waals surface area contributed by atoms with Crippen LogP contribution in [0.2, 0.25) is 0 Å². The Morgan fingerprint density at radius 3 is 2.71 bits per heavy atom. The Hall–Kier alpha value is -1.53. The van der Waals surface area contributed by atoms with E-state index < -0.39 is 12.0 Å². The third-order valence-electron chi connectivity index (χ3n) is 2.84. The molecule has 0 aliphatic carbocycles. The summed E-state index contributed by atoms with van der Waals surface area (Å²) in [5, 5.41) is 2.85. The quantitative estimate of drug-likeness (QED) is 0.525. The van der Waals surface area contributed by atoms with E-state index in [9.17, 15) is 9.59 Å². The summed E-state index contributed by atoms with van der Waals surface area (Å²) >= 11 is 1.33. The van der Waals surface area contributed by atoms with Gasteiger partial charge in [0.2, 0.25) is 5.91 Å². The molecule has 1 amide bonds. The van der Waals surface area contributed by atoms with E-state index in [1.165, 1.54) is 24.4 Å². The molecule has 0 saturated heterocycles. The van der Waals surface area contributed by atoms with E-state index in [0.717, 1.165) is 12.8 Å². The Bertz CT molecular complexity index is 440. The Balaban J connectivity index is 2.05. The molecule has 0 fully saturated rings. The summed E-state index contributed by atoms with van der Waals surface area (Å²) in [5.41, 5.74) is 6.84. The Kier molecular flexibility index (Phi) is 8.54. The second-order valence-electron chi connectivity index (χ2n) is 4.58. The lowest BCUT2D eigenvalue weighted by Crippen LogP contribution is -2.35. The zero-order valence-corrected chi connectivity index (χ0v) is 13.0. The number of esters is 1. The number of nitrogens with two attached hydrogens (primary N) is 1. The molecule has 116 valence electrons. The zero-order chi connectivity index (χ0) is 15.5. The minimum absolute atomic E-state index is 0.0369. The van der Waals surface area contributed by atoms with E-state index in [1.807, 2.05) is 18.2 Å². The summed E-state index contributed by atoms with van der Waals surface area (Å²) in [7, 11) is 1.30. The fourth-order valence-corrected chi connectivity index (χ4v) is 2.51. The number of aryl methyl sites for hydroxylation is 1. The Morgan fingerprint density at radius 1 is 1.33 bits per heavy atom. The van der Waals surface area contributed by atoms with Crippen molar-refractivity contribution < 1.29 is 14.3 Å². The number of thioether (sulfide) groups is 1. The highest BCUT2D eigenvalue weighted by Crippen LogP contribution is 2.03. The van der Waals surface area contributed by atoms with Crippen molar-refractivity contribution in [2.45, 2.75) is 18.9 Å². The van der Waals surface area contributed by atoms with Crippen LogP contribution in [0.3, 0.4) is 0 Å². The van der Waals surface area contributed by atoms with Gasteiger partial charge in [-0.05, 0) is 18.4 Å². The number of carbonyl (C=O) groups excluding carboxylic acids is 2. The smallest absolute Gasteiger partial charge is 0.323 e. The number of ether oxygens (including phenoxy) is 1. The molecule has 0 spiro atoms. The first-order chi connectivity index (χ1) is 10.1. The molecule has 3 N–H and O–H groups in total. The van der Waals surface area contributed by atoms with Crippen LogP contribution in [0.5, 0.6) is 0 Å². The van der Waals surface area contributed by atoms with Gasteiger partial charge in [0.05, 0.1) is 12.9 Å². The molecule has 0 saturated carbocycles. The van der Waals surface area contributed by atoms with Crippen LogP contribution in [0, 0.1) is 0 Å². The SMILES string of the molecule is COC(=O)C(N)CSCC(=O)NCCCc1ccccc1. The Morgan fingerprint density at radius 2 is 2.05 bits per heavy atom. The molecule has 1 aromatic carbocycles. The van der Waals surface area contributed by atoms with Gasteiger partial charge in [0.25, 0.3) is 0 Å². The van der Waals surface area contributed by atoms with Crippen LogP contribution in [0.4, 0.5) is 0 Å². The molecular weight excluding hydrogens is 288 g/mol. The van der Waals surface area contributed by atoms with Crippen molar-refractivity contribution in [3.05, 3.63) is 35.9 Å². The highest BCUT2D eigenvalue weighted by atomic mass is 32.2. The number of methoxy groups -OCH3 is 1. The highest BCUT2D eigenvalue weighted by Gasteiger charge is 2.13. The van der Waals surface area contributed by atoms with E-state index in [1.54, 1.807) is 0 Å². The first kappa shape index (κ1) is 17.5. The minimum Gasteiger partial charge on any atom is -0.468 e. The predicted octanol–water partition coefficient (Wildman–Crippen LogP) is 0.969. The predicted molar refractivity (Wildman–Crippen MR) is 85.1 cm³/mol. The van der Waals surface area contributed by atoms with Crippen molar-refractivity contribution in [2.75, 3.05) is 25.2 Å². The fourth-order valence-electron chi connectivity index (χ4n) is 1.71. The number of rotatable bonds is 9. The first-order valence-electron chi connectivity index (χ1n) is 6.85. The van der Waals surface area contributed by atoms with Gasteiger partial charge in [-0.1, -0.05) is 30.3 Å². The molecule has 6 heteroatoms. The number of hydrogen-bond acceptors (Lipinski definition) is 5. The van der Waals surface area contributed by atoms with Crippen LogP contribution in [0.25, 0.3) is 0 Å². The summed E-state index contributed by atoms with van der Waals surface area (Å²) in [4.78, 5) is 22.7. The summed E-state index contributed by atoms with van der Waals surface area (Å²) in [6.45, 7) is 0.650. The summed E-state index contributed by atoms with van der Waals surface area (Å²) in [6.07, 6.45) is 1.85. The summed E-state index contributed by atoms with van der Waals surface area (Å²) in [6, 6.07) is 9.48. The van der Waals surface area contributed by atoms with Crippen molar-refractivity contribution in [2.24, 2.45) is 5.73 Å². The van der Waals surface area contributed by atoms with Gasteiger partial charge in [-0.25, -0.2) is 0 Å². The highest BCUT2D eigenvalue weighted by molar-refractivity contribution is 8.00. The molecule has 0 bridgehead atoms. The molecule has 0 heterocycles. The van der Waals surface area contributed by atoms with E-state index in [4.69, 9.17) is 5.73 Å². The standard InChI is InChI=1S/C15H22N2O3S/c1-20-15(19)13(16)10-21-11-14(18)17-9-5-8-12-6-3-2-4-7-12/h2-4,6-7,13H,5,8-11,16H2,1H3,(H,17,18). The van der Waals surface area contributed by atoms with Crippen LogP contribution in [0.1, 0.15) is 12.0 Å². The maximum absolute atomic E-state index is 11.6. The van der Waals surface area contributed by atoms with Gasteiger partial charge < -0.3 is 15.8 Å². The zero-order valence-electron chi connectivity index (χ0n) is 12.2. The number of benzene rings is 1. The minimum atomic E-state index is -0.675. The molecule has 1 aromatic rings. The largest absolute Gasteiger partial charge is 0.468 e. The number of carbonyl (C=O) groups is 2. The summed E-state index contributed by atoms with van der Waals surface area (Å²) in [5.74, 6) is 0.191. The van der Waals surface area contributed by atoms with E-state index in [-0.39, 0.29) is 5.91 Å². The summed E-state index contributed by atoms with van der Waals surface area (Å²) < 4.78 is 4.51. The molecule has 0 aliphatic heterocycles. The van der Waals surface area contributed by atoms with Crippen molar-refractivity contribution in [1.29, 1.82) is 0 Å². The molecule has 1 unspecified atom stereocenters. The van der Waals surface area contributed by atoms with Gasteiger partial charge in [-0.2, -0.15) is 0 Å². The van der Waals surface area contributed by atoms with Crippen molar-refractivity contribution in [3.8, 4) is 0 Å². The molecule has 0 radical (unpaired) electrons. The third kappa shape index (κ3) is 7.72. The lowest BCUT2D eigenvalue weighted by Gasteiger charge is -2.09. The maximum Gasteiger partial charge on any atom is 0.323 e. The maximum atomic E-state index is 11.6. The van der Waals surface area contributed by atoms with Crippen LogP contribution in [-0.2, 0) is 20.7 Å². The topological polar surface area (TPSA) is 81.4 Å². The van der Waals surface area contributed by atoms with Gasteiger partial charge in [-0.15, -0.1) is 11.8 Å². The van der Waals surface area contributed by atoms with Gasteiger partial charge in [0.1, 0.15) is 6.04 Å². The second kappa shape index (κ2) is 10.2. The molecule has 5 nitrogen and oxygen atoms in total. The Labute approximate surface area is 129 Å². The normalized spacial score (nSPS) is 11.7. The first-order valence-corrected chi connectivity index (χ1v) is 8.00. The molecular formula is C15H22N2O3S. The van der Waals surface area contributed by atoms with E-state index >= 15 is 0 Å². The molecule has 1 rings (SSSR count).